The first kappa shape index (κ1) is 13.2. The molecule has 3 heteroatoms. The highest BCUT2D eigenvalue weighted by molar-refractivity contribution is 9.10. The molecule has 2 aromatic carbocycles. The number of rotatable bonds is 3. The van der Waals surface area contributed by atoms with Crippen molar-refractivity contribution in [2.45, 2.75) is 24.9 Å². The van der Waals surface area contributed by atoms with Gasteiger partial charge < -0.3 is 5.11 Å². The zero-order chi connectivity index (χ0) is 13.4. The van der Waals surface area contributed by atoms with Gasteiger partial charge in [0.2, 0.25) is 0 Å². The summed E-state index contributed by atoms with van der Waals surface area (Å²) in [6, 6.07) is 14.1. The van der Waals surface area contributed by atoms with E-state index >= 15 is 0 Å². The van der Waals surface area contributed by atoms with Gasteiger partial charge in [-0.2, -0.15) is 0 Å². The molecule has 0 heterocycles. The van der Waals surface area contributed by atoms with E-state index in [0.717, 1.165) is 16.5 Å². The fourth-order valence-corrected chi connectivity index (χ4v) is 3.45. The third-order valence-corrected chi connectivity index (χ3v) is 4.65. The van der Waals surface area contributed by atoms with E-state index in [1.807, 2.05) is 30.3 Å². The van der Waals surface area contributed by atoms with Crippen LogP contribution < -0.4 is 0 Å². The molecule has 0 spiro atoms. The molecule has 0 bridgehead atoms. The van der Waals surface area contributed by atoms with E-state index < -0.39 is 0 Å². The summed E-state index contributed by atoms with van der Waals surface area (Å²) in [5.74, 6) is 0.246. The van der Waals surface area contributed by atoms with Crippen LogP contribution >= 0.6 is 27.5 Å². The molecule has 0 aliphatic heterocycles. The lowest BCUT2D eigenvalue weighted by Crippen LogP contribution is -2.30. The first-order valence-electron chi connectivity index (χ1n) is 6.35. The minimum absolute atomic E-state index is 0.246. The van der Waals surface area contributed by atoms with E-state index in [4.69, 9.17) is 11.6 Å². The van der Waals surface area contributed by atoms with Crippen LogP contribution in [0.2, 0.25) is 5.02 Å². The van der Waals surface area contributed by atoms with Gasteiger partial charge in [0, 0.05) is 21.8 Å². The lowest BCUT2D eigenvalue weighted by atomic mass is 9.73. The number of aliphatic hydroxyl groups excluding tert-OH is 1. The van der Waals surface area contributed by atoms with Gasteiger partial charge in [-0.3, -0.25) is 0 Å². The normalized spacial score (nSPS) is 18.6. The molecule has 1 N–H and O–H groups in total. The second kappa shape index (κ2) is 5.28. The van der Waals surface area contributed by atoms with Gasteiger partial charge in [0.25, 0.3) is 0 Å². The van der Waals surface area contributed by atoms with Crippen LogP contribution in [0.1, 0.15) is 22.6 Å². The molecule has 3 rings (SSSR count). The van der Waals surface area contributed by atoms with Gasteiger partial charge in [-0.05, 0) is 35.2 Å². The predicted molar refractivity (Wildman–Crippen MR) is 81.7 cm³/mol. The van der Waals surface area contributed by atoms with Gasteiger partial charge in [0.15, 0.2) is 0 Å². The van der Waals surface area contributed by atoms with Gasteiger partial charge in [-0.1, -0.05) is 57.9 Å². The largest absolute Gasteiger partial charge is 0.392 e. The topological polar surface area (TPSA) is 20.2 Å². The standard InChI is InChI=1S/C16H14BrClO/c17-12-6-5-11(15(18)9-12)8-16(19)14-7-10-3-1-2-4-13(10)14/h1-6,9,14,16,19H,7-8H2. The number of hydrogen-bond donors (Lipinski definition) is 1. The summed E-state index contributed by atoms with van der Waals surface area (Å²) in [5, 5.41) is 11.1. The van der Waals surface area contributed by atoms with Crippen molar-refractivity contribution in [1.29, 1.82) is 0 Å². The first-order valence-corrected chi connectivity index (χ1v) is 7.52. The SMILES string of the molecule is OC(Cc1ccc(Br)cc1Cl)C1Cc2ccccc21. The van der Waals surface area contributed by atoms with Gasteiger partial charge in [0.1, 0.15) is 0 Å². The molecule has 0 radical (unpaired) electrons. The van der Waals surface area contributed by atoms with Crippen molar-refractivity contribution >= 4 is 27.5 Å². The quantitative estimate of drug-likeness (QED) is 0.883. The molecule has 0 saturated carbocycles. The number of aliphatic hydroxyl groups is 1. The van der Waals surface area contributed by atoms with Crippen LogP contribution in [0, 0.1) is 0 Å². The van der Waals surface area contributed by atoms with E-state index in [-0.39, 0.29) is 12.0 Å². The summed E-state index contributed by atoms with van der Waals surface area (Å²) >= 11 is 9.59. The molecule has 1 aliphatic carbocycles. The maximum Gasteiger partial charge on any atom is 0.0652 e. The summed E-state index contributed by atoms with van der Waals surface area (Å²) in [6.07, 6.45) is 1.20. The monoisotopic (exact) mass is 336 g/mol. The van der Waals surface area contributed by atoms with Crippen molar-refractivity contribution in [3.05, 3.63) is 68.7 Å². The smallest absolute Gasteiger partial charge is 0.0652 e. The first-order chi connectivity index (χ1) is 9.15. The molecule has 2 aromatic rings. The molecule has 19 heavy (non-hydrogen) atoms. The van der Waals surface area contributed by atoms with E-state index in [2.05, 4.69) is 28.1 Å². The molecule has 98 valence electrons. The van der Waals surface area contributed by atoms with Crippen LogP contribution in [0.4, 0.5) is 0 Å². The minimum atomic E-state index is -0.367. The van der Waals surface area contributed by atoms with Gasteiger partial charge >= 0.3 is 0 Å². The van der Waals surface area contributed by atoms with Crippen molar-refractivity contribution in [2.24, 2.45) is 0 Å². The Balaban J connectivity index is 1.75. The van der Waals surface area contributed by atoms with Gasteiger partial charge in [-0.25, -0.2) is 0 Å². The maximum atomic E-state index is 10.4. The van der Waals surface area contributed by atoms with Crippen LogP contribution in [-0.4, -0.2) is 11.2 Å². The van der Waals surface area contributed by atoms with Crippen LogP contribution in [0.25, 0.3) is 0 Å². The van der Waals surface area contributed by atoms with Crippen molar-refractivity contribution in [3.8, 4) is 0 Å². The fraction of sp³-hybridized carbons (Fsp3) is 0.250. The van der Waals surface area contributed by atoms with Crippen LogP contribution in [-0.2, 0) is 12.8 Å². The lowest BCUT2D eigenvalue weighted by molar-refractivity contribution is 0.133. The highest BCUT2D eigenvalue weighted by Gasteiger charge is 2.31. The Morgan fingerprint density at radius 3 is 2.79 bits per heavy atom. The number of hydrogen-bond acceptors (Lipinski definition) is 1. The molecular formula is C16H14BrClO. The number of benzene rings is 2. The van der Waals surface area contributed by atoms with Crippen molar-refractivity contribution in [2.75, 3.05) is 0 Å². The molecule has 1 aliphatic rings. The second-order valence-corrected chi connectivity index (χ2v) is 6.34. The molecule has 0 saturated heterocycles. The van der Waals surface area contributed by atoms with Gasteiger partial charge in [-0.15, -0.1) is 0 Å². The zero-order valence-electron chi connectivity index (χ0n) is 10.3. The zero-order valence-corrected chi connectivity index (χ0v) is 12.7. The Bertz CT molecular complexity index is 611. The van der Waals surface area contributed by atoms with E-state index in [9.17, 15) is 5.11 Å². The Morgan fingerprint density at radius 2 is 2.05 bits per heavy atom. The van der Waals surface area contributed by atoms with Crippen LogP contribution in [0.15, 0.2) is 46.9 Å². The summed E-state index contributed by atoms with van der Waals surface area (Å²) in [5.41, 5.74) is 3.64. The van der Waals surface area contributed by atoms with Crippen molar-refractivity contribution < 1.29 is 5.11 Å². The third-order valence-electron chi connectivity index (χ3n) is 3.80. The summed E-state index contributed by atoms with van der Waals surface area (Å²) in [4.78, 5) is 0. The van der Waals surface area contributed by atoms with Crippen LogP contribution in [0.3, 0.4) is 0 Å². The Morgan fingerprint density at radius 1 is 1.26 bits per heavy atom. The third kappa shape index (κ3) is 2.58. The average molecular weight is 338 g/mol. The summed E-state index contributed by atoms with van der Waals surface area (Å²) in [6.45, 7) is 0. The molecular weight excluding hydrogens is 324 g/mol. The molecule has 0 fully saturated rings. The second-order valence-electron chi connectivity index (χ2n) is 5.02. The van der Waals surface area contributed by atoms with E-state index in [1.54, 1.807) is 0 Å². The predicted octanol–water partition coefficient (Wildman–Crippen LogP) is 4.35. The van der Waals surface area contributed by atoms with Crippen molar-refractivity contribution in [1.82, 2.24) is 0 Å². The fourth-order valence-electron chi connectivity index (χ4n) is 2.70. The minimum Gasteiger partial charge on any atom is -0.392 e. The number of fused-ring (bicyclic) bond motifs is 1. The van der Waals surface area contributed by atoms with Gasteiger partial charge in [0.05, 0.1) is 6.10 Å². The molecule has 2 atom stereocenters. The summed E-state index contributed by atoms with van der Waals surface area (Å²) < 4.78 is 0.963. The molecule has 1 nitrogen and oxygen atoms in total. The molecule has 2 unspecified atom stereocenters. The maximum absolute atomic E-state index is 10.4. The molecule has 0 aromatic heterocycles. The lowest BCUT2D eigenvalue weighted by Gasteiger charge is -2.34. The highest BCUT2D eigenvalue weighted by Crippen LogP contribution is 2.38. The van der Waals surface area contributed by atoms with Crippen LogP contribution in [0.5, 0.6) is 0 Å². The van der Waals surface area contributed by atoms with E-state index in [1.165, 1.54) is 11.1 Å². The number of halogens is 2. The average Bonchev–Trinajstić information content (AvgIpc) is 2.34. The Kier molecular flexibility index (Phi) is 3.66. The Hall–Kier alpha value is -0.830. The Labute approximate surface area is 126 Å². The van der Waals surface area contributed by atoms with E-state index in [0.29, 0.717) is 11.4 Å². The summed E-state index contributed by atoms with van der Waals surface area (Å²) in [7, 11) is 0. The highest BCUT2D eigenvalue weighted by atomic mass is 79.9. The molecule has 0 amide bonds. The van der Waals surface area contributed by atoms with Crippen molar-refractivity contribution in [3.63, 3.8) is 0 Å².